The van der Waals surface area contributed by atoms with E-state index in [9.17, 15) is 4.79 Å². The maximum atomic E-state index is 13.5. The fraction of sp³-hybridized carbons (Fsp3) is 0.393. The van der Waals surface area contributed by atoms with Gasteiger partial charge in [-0.1, -0.05) is 32.9 Å². The average molecular weight is 451 g/mol. The van der Waals surface area contributed by atoms with Crippen molar-refractivity contribution in [1.82, 2.24) is 0 Å². The normalized spacial score (nSPS) is 19.0. The number of methoxy groups -OCH3 is 4. The molecule has 5 nitrogen and oxygen atoms in total. The number of ketones is 1. The largest absolute Gasteiger partial charge is 0.493 e. The fourth-order valence-electron chi connectivity index (χ4n) is 4.14. The van der Waals surface area contributed by atoms with Crippen molar-refractivity contribution in [3.63, 3.8) is 0 Å². The Morgan fingerprint density at radius 3 is 1.42 bits per heavy atom. The minimum Gasteiger partial charge on any atom is -0.493 e. The number of hydrogen-bond donors (Lipinski definition) is 0. The Morgan fingerprint density at radius 1 is 0.697 bits per heavy atom. The first-order valence-electron chi connectivity index (χ1n) is 11.1. The van der Waals surface area contributed by atoms with Crippen molar-refractivity contribution in [2.75, 3.05) is 28.4 Å². The van der Waals surface area contributed by atoms with Gasteiger partial charge in [-0.2, -0.15) is 0 Å². The molecule has 1 saturated carbocycles. The minimum atomic E-state index is 0.0636. The highest BCUT2D eigenvalue weighted by Crippen LogP contribution is 2.42. The van der Waals surface area contributed by atoms with Crippen LogP contribution in [-0.2, 0) is 4.79 Å². The molecule has 3 rings (SSSR count). The van der Waals surface area contributed by atoms with Gasteiger partial charge in [0.15, 0.2) is 28.8 Å². The number of Topliss-reactive ketones (excluding diaryl/α,β-unsaturated/α-hetero) is 1. The van der Waals surface area contributed by atoms with Crippen LogP contribution in [0.3, 0.4) is 0 Å². The molecule has 1 fully saturated rings. The Balaban J connectivity index is 2.03. The summed E-state index contributed by atoms with van der Waals surface area (Å²) < 4.78 is 21.6. The Morgan fingerprint density at radius 2 is 1.09 bits per heavy atom. The van der Waals surface area contributed by atoms with Crippen LogP contribution in [-0.4, -0.2) is 34.2 Å². The summed E-state index contributed by atoms with van der Waals surface area (Å²) in [6.07, 6.45) is 5.43. The summed E-state index contributed by atoms with van der Waals surface area (Å²) in [4.78, 5) is 13.5. The third kappa shape index (κ3) is 5.59. The van der Waals surface area contributed by atoms with E-state index in [0.29, 0.717) is 28.9 Å². The number of allylic oxidation sites excluding steroid dienone is 2. The SMILES string of the molecule is COc1ccc(C=C2CC(C(C)(C)C)CC(=Cc3ccc(OC)c(OC)c3)C2=O)cc1OC. The molecule has 0 bridgehead atoms. The lowest BCUT2D eigenvalue weighted by Gasteiger charge is -2.35. The van der Waals surface area contributed by atoms with Crippen molar-refractivity contribution in [3.05, 3.63) is 58.7 Å². The second kappa shape index (κ2) is 10.2. The first-order valence-corrected chi connectivity index (χ1v) is 11.1. The highest BCUT2D eigenvalue weighted by molar-refractivity contribution is 6.14. The number of rotatable bonds is 6. The zero-order valence-electron chi connectivity index (χ0n) is 20.7. The Hall–Kier alpha value is -3.21. The standard InChI is InChI=1S/C28H34O5/c1-28(2,3)22-16-20(12-18-8-10-23(30-4)25(14-18)32-6)27(29)21(17-22)13-19-9-11-24(31-5)26(15-19)33-7/h8-15,22H,16-17H2,1-7H3. The van der Waals surface area contributed by atoms with E-state index in [4.69, 9.17) is 18.9 Å². The highest BCUT2D eigenvalue weighted by atomic mass is 16.5. The van der Waals surface area contributed by atoms with Gasteiger partial charge in [0.1, 0.15) is 0 Å². The summed E-state index contributed by atoms with van der Waals surface area (Å²) >= 11 is 0. The molecular weight excluding hydrogens is 416 g/mol. The molecule has 0 atom stereocenters. The van der Waals surface area contributed by atoms with Gasteiger partial charge in [0, 0.05) is 11.1 Å². The third-order valence-electron chi connectivity index (χ3n) is 6.24. The number of ether oxygens (including phenoxy) is 4. The van der Waals surface area contributed by atoms with Crippen LogP contribution in [0.5, 0.6) is 23.0 Å². The molecule has 0 spiro atoms. The molecule has 2 aromatic carbocycles. The monoisotopic (exact) mass is 450 g/mol. The predicted molar refractivity (Wildman–Crippen MR) is 132 cm³/mol. The summed E-state index contributed by atoms with van der Waals surface area (Å²) in [7, 11) is 6.44. The summed E-state index contributed by atoms with van der Waals surface area (Å²) in [5.41, 5.74) is 3.50. The number of carbonyl (C=O) groups excluding carboxylic acids is 1. The van der Waals surface area contributed by atoms with Gasteiger partial charge in [-0.3, -0.25) is 4.79 Å². The van der Waals surface area contributed by atoms with Gasteiger partial charge in [0.25, 0.3) is 0 Å². The Bertz CT molecular complexity index is 995. The zero-order valence-corrected chi connectivity index (χ0v) is 20.7. The van der Waals surface area contributed by atoms with Crippen molar-refractivity contribution in [3.8, 4) is 23.0 Å². The van der Waals surface area contributed by atoms with Crippen molar-refractivity contribution in [1.29, 1.82) is 0 Å². The highest BCUT2D eigenvalue weighted by Gasteiger charge is 2.34. The van der Waals surface area contributed by atoms with Gasteiger partial charge in [-0.05, 0) is 71.7 Å². The lowest BCUT2D eigenvalue weighted by molar-refractivity contribution is -0.113. The predicted octanol–water partition coefficient (Wildman–Crippen LogP) is 6.21. The summed E-state index contributed by atoms with van der Waals surface area (Å²) in [6.45, 7) is 6.70. The molecular formula is C28H34O5. The number of hydrogen-bond acceptors (Lipinski definition) is 5. The molecule has 33 heavy (non-hydrogen) atoms. The molecule has 0 radical (unpaired) electrons. The third-order valence-corrected chi connectivity index (χ3v) is 6.24. The van der Waals surface area contributed by atoms with Gasteiger partial charge in [-0.15, -0.1) is 0 Å². The van der Waals surface area contributed by atoms with Crippen LogP contribution in [0.1, 0.15) is 44.7 Å². The smallest absolute Gasteiger partial charge is 0.185 e. The quantitative estimate of drug-likeness (QED) is 0.490. The summed E-state index contributed by atoms with van der Waals surface area (Å²) in [6, 6.07) is 11.4. The molecule has 0 heterocycles. The van der Waals surface area contributed by atoms with Crippen LogP contribution in [0.2, 0.25) is 0 Å². The number of carbonyl (C=O) groups is 1. The lowest BCUT2D eigenvalue weighted by atomic mass is 9.68. The van der Waals surface area contributed by atoms with E-state index < -0.39 is 0 Å². The second-order valence-corrected chi connectivity index (χ2v) is 9.37. The molecule has 0 N–H and O–H groups in total. The van der Waals surface area contributed by atoms with E-state index in [2.05, 4.69) is 20.8 Å². The zero-order chi connectivity index (χ0) is 24.2. The molecule has 176 valence electrons. The molecule has 0 aromatic heterocycles. The van der Waals surface area contributed by atoms with Crippen molar-refractivity contribution in [2.45, 2.75) is 33.6 Å². The molecule has 0 amide bonds. The lowest BCUT2D eigenvalue weighted by Crippen LogP contribution is -2.29. The topological polar surface area (TPSA) is 54.0 Å². The molecule has 0 unspecified atom stereocenters. The molecule has 1 aliphatic carbocycles. The van der Waals surface area contributed by atoms with Gasteiger partial charge in [0.2, 0.25) is 0 Å². The van der Waals surface area contributed by atoms with Crippen molar-refractivity contribution >= 4 is 17.9 Å². The first kappa shape index (κ1) is 24.4. The fourth-order valence-corrected chi connectivity index (χ4v) is 4.14. The van der Waals surface area contributed by atoms with Gasteiger partial charge < -0.3 is 18.9 Å². The van der Waals surface area contributed by atoms with E-state index in [0.717, 1.165) is 35.1 Å². The van der Waals surface area contributed by atoms with Crippen LogP contribution in [0.15, 0.2) is 47.5 Å². The first-order chi connectivity index (χ1) is 15.7. The van der Waals surface area contributed by atoms with Gasteiger partial charge >= 0.3 is 0 Å². The minimum absolute atomic E-state index is 0.0636. The van der Waals surface area contributed by atoms with Crippen LogP contribution in [0.25, 0.3) is 12.2 Å². The Kier molecular flexibility index (Phi) is 7.52. The van der Waals surface area contributed by atoms with Crippen LogP contribution in [0, 0.1) is 11.3 Å². The van der Waals surface area contributed by atoms with E-state index in [-0.39, 0.29) is 11.2 Å². The molecule has 0 saturated heterocycles. The van der Waals surface area contributed by atoms with E-state index in [1.807, 2.05) is 48.6 Å². The average Bonchev–Trinajstić information content (AvgIpc) is 2.80. The summed E-state index contributed by atoms with van der Waals surface area (Å²) in [5, 5.41) is 0. The molecule has 2 aromatic rings. The Labute approximate surface area is 197 Å². The van der Waals surface area contributed by atoms with Crippen molar-refractivity contribution < 1.29 is 23.7 Å². The summed E-state index contributed by atoms with van der Waals surface area (Å²) in [5.74, 6) is 3.03. The van der Waals surface area contributed by atoms with E-state index in [1.54, 1.807) is 28.4 Å². The molecule has 0 aliphatic heterocycles. The van der Waals surface area contributed by atoms with E-state index >= 15 is 0 Å². The van der Waals surface area contributed by atoms with E-state index in [1.165, 1.54) is 0 Å². The maximum absolute atomic E-state index is 13.5. The van der Waals surface area contributed by atoms with Gasteiger partial charge in [0.05, 0.1) is 28.4 Å². The van der Waals surface area contributed by atoms with Gasteiger partial charge in [-0.25, -0.2) is 0 Å². The second-order valence-electron chi connectivity index (χ2n) is 9.37. The van der Waals surface area contributed by atoms with Crippen LogP contribution < -0.4 is 18.9 Å². The molecule has 5 heteroatoms. The number of benzene rings is 2. The van der Waals surface area contributed by atoms with Crippen LogP contribution in [0.4, 0.5) is 0 Å². The van der Waals surface area contributed by atoms with Crippen LogP contribution >= 0.6 is 0 Å². The van der Waals surface area contributed by atoms with Crippen molar-refractivity contribution in [2.24, 2.45) is 11.3 Å². The maximum Gasteiger partial charge on any atom is 0.185 e. The molecule has 1 aliphatic rings.